The number of halogens is 1. The van der Waals surface area contributed by atoms with Crippen LogP contribution in [-0.4, -0.2) is 64.9 Å². The first-order valence-electron chi connectivity index (χ1n) is 4.27. The van der Waals surface area contributed by atoms with Crippen molar-refractivity contribution in [2.45, 2.75) is 6.10 Å². The minimum Gasteiger partial charge on any atom is -0.394 e. The first kappa shape index (κ1) is 14.1. The average Bonchev–Trinajstić information content (AvgIpc) is 2.24. The number of carbonyl (C=O) groups excluding carboxylic acids is 1. The summed E-state index contributed by atoms with van der Waals surface area (Å²) in [6.07, 6.45) is -1.04. The summed E-state index contributed by atoms with van der Waals surface area (Å²) in [4.78, 5) is 22.8. The van der Waals surface area contributed by atoms with E-state index in [9.17, 15) is 9.70 Å². The first-order valence-corrected chi connectivity index (χ1v) is 4.81. The maximum Gasteiger partial charge on any atom is 0.342 e. The molecule has 8 heteroatoms. The summed E-state index contributed by atoms with van der Waals surface area (Å²) in [5.41, 5.74) is 0. The van der Waals surface area contributed by atoms with E-state index in [0.29, 0.717) is 5.01 Å². The lowest BCUT2D eigenvalue weighted by atomic mass is 10.3. The van der Waals surface area contributed by atoms with Gasteiger partial charge in [-0.25, -0.2) is 4.79 Å². The molecule has 88 valence electrons. The van der Waals surface area contributed by atoms with E-state index in [1.165, 1.54) is 7.05 Å². The number of aliphatic hydroxyl groups is 2. The highest BCUT2D eigenvalue weighted by Crippen LogP contribution is 1.99. The lowest BCUT2D eigenvalue weighted by Crippen LogP contribution is -2.43. The predicted molar refractivity (Wildman–Crippen MR) is 54.3 cm³/mol. The van der Waals surface area contributed by atoms with Crippen molar-refractivity contribution in [1.29, 1.82) is 0 Å². The molecule has 0 rings (SSSR count). The fraction of sp³-hybridized carbons (Fsp3) is 0.857. The summed E-state index contributed by atoms with van der Waals surface area (Å²) < 4.78 is 0. The van der Waals surface area contributed by atoms with Gasteiger partial charge in [0.25, 0.3) is 0 Å². The molecule has 0 fully saturated rings. The Morgan fingerprint density at radius 3 is 2.60 bits per heavy atom. The fourth-order valence-corrected chi connectivity index (χ4v) is 1.06. The van der Waals surface area contributed by atoms with Gasteiger partial charge in [0.15, 0.2) is 0 Å². The van der Waals surface area contributed by atoms with Gasteiger partial charge in [-0.2, -0.15) is 5.01 Å². The van der Waals surface area contributed by atoms with Crippen LogP contribution in [0.15, 0.2) is 5.29 Å². The summed E-state index contributed by atoms with van der Waals surface area (Å²) in [6, 6.07) is -0.668. The number of amides is 2. The SMILES string of the molecule is CN(CC(O)CO)C(=O)N(CCCl)N=O. The zero-order chi connectivity index (χ0) is 11.8. The Balaban J connectivity index is 4.21. The van der Waals surface area contributed by atoms with E-state index in [-0.39, 0.29) is 19.0 Å². The minimum absolute atomic E-state index is 0.00342. The van der Waals surface area contributed by atoms with E-state index in [0.717, 1.165) is 4.90 Å². The van der Waals surface area contributed by atoms with E-state index in [2.05, 4.69) is 5.29 Å². The Hall–Kier alpha value is -0.920. The number of hydrogen-bond acceptors (Lipinski definition) is 5. The van der Waals surface area contributed by atoms with Crippen molar-refractivity contribution < 1.29 is 15.0 Å². The Kier molecular flexibility index (Phi) is 6.93. The highest BCUT2D eigenvalue weighted by Gasteiger charge is 2.20. The standard InChI is InChI=1S/C7H14ClN3O4/c1-10(4-6(13)5-12)7(14)11(9-15)3-2-8/h6,12-13H,2-5H2,1H3. The van der Waals surface area contributed by atoms with Gasteiger partial charge < -0.3 is 15.1 Å². The number of urea groups is 1. The van der Waals surface area contributed by atoms with Crippen molar-refractivity contribution in [3.8, 4) is 0 Å². The van der Waals surface area contributed by atoms with Crippen LogP contribution in [0.5, 0.6) is 0 Å². The van der Waals surface area contributed by atoms with E-state index in [4.69, 9.17) is 21.8 Å². The molecule has 0 bridgehead atoms. The largest absolute Gasteiger partial charge is 0.394 e. The lowest BCUT2D eigenvalue weighted by Gasteiger charge is -2.23. The van der Waals surface area contributed by atoms with E-state index in [1.807, 2.05) is 0 Å². The predicted octanol–water partition coefficient (Wildman–Crippen LogP) is -0.386. The molecule has 0 aliphatic carbocycles. The molecule has 1 atom stereocenters. The molecule has 0 aliphatic rings. The normalized spacial score (nSPS) is 12.0. The van der Waals surface area contributed by atoms with Gasteiger partial charge in [-0.05, 0) is 0 Å². The van der Waals surface area contributed by atoms with Crippen molar-refractivity contribution in [3.05, 3.63) is 4.91 Å². The maximum absolute atomic E-state index is 11.4. The molecule has 0 aliphatic heterocycles. The van der Waals surface area contributed by atoms with Crippen molar-refractivity contribution in [1.82, 2.24) is 9.91 Å². The van der Waals surface area contributed by atoms with Gasteiger partial charge >= 0.3 is 6.03 Å². The van der Waals surface area contributed by atoms with E-state index >= 15 is 0 Å². The number of alkyl halides is 1. The molecule has 2 N–H and O–H groups in total. The number of carbonyl (C=O) groups is 1. The van der Waals surface area contributed by atoms with Crippen LogP contribution in [0.3, 0.4) is 0 Å². The molecule has 0 aromatic heterocycles. The third-order valence-corrected chi connectivity index (χ3v) is 1.81. The van der Waals surface area contributed by atoms with Crippen LogP contribution in [0.1, 0.15) is 0 Å². The van der Waals surface area contributed by atoms with Crippen LogP contribution < -0.4 is 0 Å². The van der Waals surface area contributed by atoms with Crippen molar-refractivity contribution >= 4 is 17.6 Å². The number of nitrogens with zero attached hydrogens (tertiary/aromatic N) is 3. The summed E-state index contributed by atoms with van der Waals surface area (Å²) in [7, 11) is 1.38. The van der Waals surface area contributed by atoms with Crippen LogP contribution in [0.2, 0.25) is 0 Å². The van der Waals surface area contributed by atoms with Gasteiger partial charge in [0.2, 0.25) is 0 Å². The van der Waals surface area contributed by atoms with Crippen molar-refractivity contribution in [3.63, 3.8) is 0 Å². The zero-order valence-corrected chi connectivity index (χ0v) is 9.09. The van der Waals surface area contributed by atoms with E-state index < -0.39 is 18.7 Å². The summed E-state index contributed by atoms with van der Waals surface area (Å²) >= 11 is 5.36. The number of likely N-dealkylation sites (N-methyl/N-ethyl adjacent to an activating group) is 1. The lowest BCUT2D eigenvalue weighted by molar-refractivity contribution is 0.0676. The average molecular weight is 240 g/mol. The van der Waals surface area contributed by atoms with Gasteiger partial charge in [-0.3, -0.25) is 0 Å². The Morgan fingerprint density at radius 2 is 2.20 bits per heavy atom. The minimum atomic E-state index is -1.04. The molecular weight excluding hydrogens is 226 g/mol. The molecule has 0 aromatic carbocycles. The van der Waals surface area contributed by atoms with Crippen LogP contribution in [0.4, 0.5) is 4.79 Å². The van der Waals surface area contributed by atoms with Gasteiger partial charge in [-0.1, -0.05) is 0 Å². The maximum atomic E-state index is 11.4. The van der Waals surface area contributed by atoms with E-state index in [1.54, 1.807) is 0 Å². The smallest absolute Gasteiger partial charge is 0.342 e. The van der Waals surface area contributed by atoms with Crippen molar-refractivity contribution in [2.24, 2.45) is 5.29 Å². The highest BCUT2D eigenvalue weighted by molar-refractivity contribution is 6.18. The molecule has 0 heterocycles. The monoisotopic (exact) mass is 239 g/mol. The van der Waals surface area contributed by atoms with Crippen LogP contribution in [-0.2, 0) is 0 Å². The summed E-state index contributed by atoms with van der Waals surface area (Å²) in [6.45, 7) is -0.533. The quantitative estimate of drug-likeness (QED) is 0.375. The highest BCUT2D eigenvalue weighted by atomic mass is 35.5. The number of aliphatic hydroxyl groups excluding tert-OH is 2. The number of nitroso groups, excluding NO2 is 1. The Morgan fingerprint density at radius 1 is 1.60 bits per heavy atom. The third kappa shape index (κ3) is 4.91. The van der Waals surface area contributed by atoms with Crippen LogP contribution in [0, 0.1) is 4.91 Å². The van der Waals surface area contributed by atoms with Crippen LogP contribution >= 0.6 is 11.6 Å². The van der Waals surface area contributed by atoms with Gasteiger partial charge in [0.05, 0.1) is 31.1 Å². The second kappa shape index (κ2) is 7.38. The van der Waals surface area contributed by atoms with Gasteiger partial charge in [0, 0.05) is 12.9 Å². The third-order valence-electron chi connectivity index (χ3n) is 1.64. The number of rotatable bonds is 6. The van der Waals surface area contributed by atoms with Gasteiger partial charge in [0.1, 0.15) is 0 Å². The second-order valence-electron chi connectivity index (χ2n) is 2.89. The molecule has 0 saturated heterocycles. The molecule has 15 heavy (non-hydrogen) atoms. The summed E-state index contributed by atoms with van der Waals surface area (Å²) in [5, 5.41) is 20.8. The first-order chi connectivity index (χ1) is 7.06. The number of hydrogen-bond donors (Lipinski definition) is 2. The zero-order valence-electron chi connectivity index (χ0n) is 8.34. The van der Waals surface area contributed by atoms with Crippen molar-refractivity contribution in [2.75, 3.05) is 32.6 Å². The molecular formula is C7H14ClN3O4. The topological polar surface area (TPSA) is 93.4 Å². The fourth-order valence-electron chi connectivity index (χ4n) is 0.900. The Bertz CT molecular complexity index is 216. The molecule has 7 nitrogen and oxygen atoms in total. The molecule has 0 aromatic rings. The summed E-state index contributed by atoms with van der Waals surface area (Å²) in [5.74, 6) is 0.0911. The van der Waals surface area contributed by atoms with Gasteiger partial charge in [-0.15, -0.1) is 16.5 Å². The second-order valence-corrected chi connectivity index (χ2v) is 3.27. The molecule has 0 radical (unpaired) electrons. The molecule has 0 spiro atoms. The van der Waals surface area contributed by atoms with Crippen LogP contribution in [0.25, 0.3) is 0 Å². The molecule has 0 saturated carbocycles. The molecule has 2 amide bonds. The Labute approximate surface area is 92.2 Å². The molecule has 1 unspecified atom stereocenters.